The maximum Gasteiger partial charge on any atom is 0.184 e. The lowest BCUT2D eigenvalue weighted by molar-refractivity contribution is -0.545. The molecule has 188 valence electrons. The van der Waals surface area contributed by atoms with Gasteiger partial charge in [-0.15, -0.1) is 0 Å². The molecular formula is C29H41Cl2NO2. The van der Waals surface area contributed by atoms with Crippen molar-refractivity contribution in [2.24, 2.45) is 0 Å². The molecule has 3 nitrogen and oxygen atoms in total. The lowest BCUT2D eigenvalue weighted by Gasteiger charge is -2.22. The quantitative estimate of drug-likeness (QED) is 0.270. The molecule has 0 fully saturated rings. The van der Waals surface area contributed by atoms with Gasteiger partial charge in [0, 0.05) is 34.6 Å². The van der Waals surface area contributed by atoms with E-state index in [1.54, 1.807) is 14.2 Å². The van der Waals surface area contributed by atoms with E-state index in [4.69, 9.17) is 21.1 Å². The molecule has 1 aliphatic rings. The first kappa shape index (κ1) is 28.5. The lowest BCUT2D eigenvalue weighted by atomic mass is 9.92. The third-order valence-electron chi connectivity index (χ3n) is 6.78. The van der Waals surface area contributed by atoms with E-state index in [2.05, 4.69) is 35.8 Å². The third kappa shape index (κ3) is 7.92. The Morgan fingerprint density at radius 1 is 0.824 bits per heavy atom. The summed E-state index contributed by atoms with van der Waals surface area (Å²) in [5.74, 6) is 1.72. The zero-order valence-electron chi connectivity index (χ0n) is 21.2. The SMILES string of the molecule is CCCCCCCCCCCC1=[N+](Cc2ccc(Cl)cc2)CCc2c1ccc(OC)c2OC.[Cl-]. The molecule has 0 saturated heterocycles. The van der Waals surface area contributed by atoms with Crippen LogP contribution >= 0.6 is 11.6 Å². The fourth-order valence-corrected chi connectivity index (χ4v) is 5.07. The molecule has 0 spiro atoms. The summed E-state index contributed by atoms with van der Waals surface area (Å²) in [7, 11) is 3.46. The highest BCUT2D eigenvalue weighted by Gasteiger charge is 2.29. The molecule has 2 aromatic rings. The first-order valence-corrected chi connectivity index (χ1v) is 13.1. The summed E-state index contributed by atoms with van der Waals surface area (Å²) in [6.45, 7) is 4.19. The van der Waals surface area contributed by atoms with Crippen molar-refractivity contribution in [2.75, 3.05) is 20.8 Å². The van der Waals surface area contributed by atoms with Crippen molar-refractivity contribution in [3.63, 3.8) is 0 Å². The molecule has 0 N–H and O–H groups in total. The molecule has 2 aromatic carbocycles. The molecule has 0 aromatic heterocycles. The Labute approximate surface area is 217 Å². The van der Waals surface area contributed by atoms with E-state index in [-0.39, 0.29) is 12.4 Å². The normalized spacial score (nSPS) is 12.8. The van der Waals surface area contributed by atoms with Crippen LogP contribution in [-0.4, -0.2) is 31.1 Å². The second-order valence-corrected chi connectivity index (χ2v) is 9.59. The van der Waals surface area contributed by atoms with E-state index in [9.17, 15) is 0 Å². The molecule has 0 saturated carbocycles. The minimum Gasteiger partial charge on any atom is -1.00 e. The van der Waals surface area contributed by atoms with Crippen molar-refractivity contribution in [1.82, 2.24) is 0 Å². The molecule has 0 atom stereocenters. The number of ether oxygens (including phenoxy) is 2. The van der Waals surface area contributed by atoms with E-state index in [1.807, 2.05) is 12.1 Å². The standard InChI is InChI=1S/C29H41ClNO2.ClH/c1-4-5-6-7-8-9-10-11-12-13-27-25-18-19-28(32-2)29(33-3)26(25)20-21-31(27)22-23-14-16-24(30)17-15-23;/h14-19H,4-13,20-22H2,1-3H3;1H/q+1;/p-1. The zero-order chi connectivity index (χ0) is 23.5. The number of fused-ring (bicyclic) bond motifs is 1. The van der Waals surface area contributed by atoms with Crippen LogP contribution in [0.1, 0.15) is 87.8 Å². The predicted octanol–water partition coefficient (Wildman–Crippen LogP) is 4.84. The van der Waals surface area contributed by atoms with E-state index in [0.29, 0.717) is 0 Å². The first-order chi connectivity index (χ1) is 16.2. The molecule has 1 aliphatic heterocycles. The van der Waals surface area contributed by atoms with Crippen molar-refractivity contribution < 1.29 is 26.5 Å². The van der Waals surface area contributed by atoms with E-state index in [1.165, 1.54) is 80.2 Å². The molecule has 0 unspecified atom stereocenters. The smallest absolute Gasteiger partial charge is 0.184 e. The van der Waals surface area contributed by atoms with Crippen molar-refractivity contribution >= 4 is 17.3 Å². The van der Waals surface area contributed by atoms with Gasteiger partial charge in [0.25, 0.3) is 0 Å². The molecule has 3 rings (SSSR count). The molecule has 0 amide bonds. The molecule has 34 heavy (non-hydrogen) atoms. The maximum absolute atomic E-state index is 6.11. The fraction of sp³-hybridized carbons (Fsp3) is 0.552. The Bertz CT molecular complexity index is 909. The summed E-state index contributed by atoms with van der Waals surface area (Å²) < 4.78 is 13.9. The number of halogens is 2. The average molecular weight is 507 g/mol. The molecular weight excluding hydrogens is 465 g/mol. The average Bonchev–Trinajstić information content (AvgIpc) is 2.84. The summed E-state index contributed by atoms with van der Waals surface area (Å²) in [5.41, 5.74) is 5.35. The van der Waals surface area contributed by atoms with Crippen molar-refractivity contribution in [2.45, 2.75) is 84.1 Å². The highest BCUT2D eigenvalue weighted by Crippen LogP contribution is 2.36. The monoisotopic (exact) mass is 505 g/mol. The van der Waals surface area contributed by atoms with Crippen molar-refractivity contribution in [1.29, 1.82) is 0 Å². The summed E-state index contributed by atoms with van der Waals surface area (Å²) in [6.07, 6.45) is 14.2. The Hall–Kier alpha value is -1.71. The van der Waals surface area contributed by atoms with Crippen molar-refractivity contribution in [3.8, 4) is 11.5 Å². The number of methoxy groups -OCH3 is 2. The molecule has 1 heterocycles. The van der Waals surface area contributed by atoms with E-state index >= 15 is 0 Å². The number of unbranched alkanes of at least 4 members (excludes halogenated alkanes) is 8. The van der Waals surface area contributed by atoms with E-state index in [0.717, 1.165) is 42.5 Å². The minimum absolute atomic E-state index is 0. The number of rotatable bonds is 14. The van der Waals surface area contributed by atoms with Gasteiger partial charge >= 0.3 is 0 Å². The Kier molecular flexibility index (Phi) is 12.9. The Morgan fingerprint density at radius 2 is 1.47 bits per heavy atom. The summed E-state index contributed by atoms with van der Waals surface area (Å²) >= 11 is 6.11. The van der Waals surface area contributed by atoms with Gasteiger partial charge < -0.3 is 21.9 Å². The first-order valence-electron chi connectivity index (χ1n) is 12.8. The van der Waals surface area contributed by atoms with Gasteiger partial charge in [0.05, 0.1) is 14.2 Å². The fourth-order valence-electron chi connectivity index (χ4n) is 4.94. The molecule has 0 aliphatic carbocycles. The highest BCUT2D eigenvalue weighted by molar-refractivity contribution is 6.30. The van der Waals surface area contributed by atoms with Crippen LogP contribution < -0.4 is 21.9 Å². The van der Waals surface area contributed by atoms with Crippen LogP contribution in [0.2, 0.25) is 5.02 Å². The maximum atomic E-state index is 6.11. The van der Waals surface area contributed by atoms with Crippen molar-refractivity contribution in [3.05, 3.63) is 58.1 Å². The van der Waals surface area contributed by atoms with Gasteiger partial charge in [-0.3, -0.25) is 0 Å². The minimum atomic E-state index is 0. The van der Waals surface area contributed by atoms with Crippen LogP contribution in [0, 0.1) is 0 Å². The van der Waals surface area contributed by atoms with Gasteiger partial charge in [-0.1, -0.05) is 82.0 Å². The van der Waals surface area contributed by atoms with Crippen LogP contribution in [-0.2, 0) is 13.0 Å². The second kappa shape index (κ2) is 15.3. The second-order valence-electron chi connectivity index (χ2n) is 9.15. The van der Waals surface area contributed by atoms with Gasteiger partial charge in [0.1, 0.15) is 6.54 Å². The van der Waals surface area contributed by atoms with Gasteiger partial charge in [-0.25, -0.2) is 4.58 Å². The van der Waals surface area contributed by atoms with Crippen LogP contribution in [0.3, 0.4) is 0 Å². The van der Waals surface area contributed by atoms with Gasteiger partial charge in [0.15, 0.2) is 23.8 Å². The van der Waals surface area contributed by atoms with Crippen LogP contribution in [0.4, 0.5) is 0 Å². The summed E-state index contributed by atoms with van der Waals surface area (Å²) in [6, 6.07) is 12.5. The molecule has 0 bridgehead atoms. The van der Waals surface area contributed by atoms with Crippen LogP contribution in [0.25, 0.3) is 0 Å². The van der Waals surface area contributed by atoms with Crippen LogP contribution in [0.5, 0.6) is 11.5 Å². The van der Waals surface area contributed by atoms with E-state index < -0.39 is 0 Å². The lowest BCUT2D eigenvalue weighted by Crippen LogP contribution is -3.00. The predicted molar refractivity (Wildman–Crippen MR) is 139 cm³/mol. The van der Waals surface area contributed by atoms with Crippen LogP contribution in [0.15, 0.2) is 36.4 Å². The highest BCUT2D eigenvalue weighted by atomic mass is 35.5. The van der Waals surface area contributed by atoms with Gasteiger partial charge in [-0.05, 0) is 30.7 Å². The van der Waals surface area contributed by atoms with Gasteiger partial charge in [-0.2, -0.15) is 0 Å². The number of hydrogen-bond donors (Lipinski definition) is 0. The summed E-state index contributed by atoms with van der Waals surface area (Å²) in [5, 5.41) is 0.790. The Morgan fingerprint density at radius 3 is 2.09 bits per heavy atom. The largest absolute Gasteiger partial charge is 1.00 e. The van der Waals surface area contributed by atoms with Gasteiger partial charge in [0.2, 0.25) is 0 Å². The summed E-state index contributed by atoms with van der Waals surface area (Å²) in [4.78, 5) is 0. The number of benzene rings is 2. The third-order valence-corrected chi connectivity index (χ3v) is 7.03. The Balaban J connectivity index is 0.00000408. The zero-order valence-corrected chi connectivity index (χ0v) is 22.7. The molecule has 0 radical (unpaired) electrons. The number of hydrogen-bond acceptors (Lipinski definition) is 2. The topological polar surface area (TPSA) is 21.5 Å². The number of nitrogens with zero attached hydrogens (tertiary/aromatic N) is 1. The molecule has 5 heteroatoms.